The van der Waals surface area contributed by atoms with Crippen LogP contribution in [0, 0.1) is 0 Å². The fraction of sp³-hybridized carbons (Fsp3) is 0.167. The molecule has 0 aliphatic carbocycles. The molecule has 0 aliphatic rings. The van der Waals surface area contributed by atoms with Crippen molar-refractivity contribution in [2.24, 2.45) is 0 Å². The average Bonchev–Trinajstić information content (AvgIpc) is 2.98. The predicted octanol–water partition coefficient (Wildman–Crippen LogP) is 4.75. The predicted molar refractivity (Wildman–Crippen MR) is 89.8 cm³/mol. The highest BCUT2D eigenvalue weighted by Gasteiger charge is 2.11. The zero-order valence-electron chi connectivity index (χ0n) is 12.5. The van der Waals surface area contributed by atoms with Gasteiger partial charge in [-0.05, 0) is 53.8 Å². The maximum Gasteiger partial charge on any atom is 0.348 e. The molecule has 1 heterocycles. The molecule has 0 saturated carbocycles. The van der Waals surface area contributed by atoms with Gasteiger partial charge in [0.2, 0.25) is 0 Å². The van der Waals surface area contributed by atoms with E-state index in [0.29, 0.717) is 11.5 Å². The van der Waals surface area contributed by atoms with E-state index in [9.17, 15) is 4.79 Å². The van der Waals surface area contributed by atoms with Crippen LogP contribution in [0.1, 0.15) is 16.6 Å². The van der Waals surface area contributed by atoms with E-state index in [1.807, 2.05) is 43.3 Å². The van der Waals surface area contributed by atoms with Crippen LogP contribution in [-0.2, 0) is 4.74 Å². The maximum absolute atomic E-state index is 11.8. The summed E-state index contributed by atoms with van der Waals surface area (Å²) < 4.78 is 11.3. The van der Waals surface area contributed by atoms with Crippen molar-refractivity contribution in [1.82, 2.24) is 0 Å². The lowest BCUT2D eigenvalue weighted by molar-refractivity contribution is 0.0532. The van der Waals surface area contributed by atoms with Crippen LogP contribution < -0.4 is 4.74 Å². The molecule has 0 aliphatic heterocycles. The molecule has 0 N–H and O–H groups in total. The summed E-state index contributed by atoms with van der Waals surface area (Å²) in [6, 6.07) is 16.0. The number of ether oxygens (including phenoxy) is 2. The van der Waals surface area contributed by atoms with Crippen LogP contribution in [-0.4, -0.2) is 19.7 Å². The van der Waals surface area contributed by atoms with Gasteiger partial charge in [-0.3, -0.25) is 0 Å². The van der Waals surface area contributed by atoms with Gasteiger partial charge in [-0.2, -0.15) is 0 Å². The molecule has 1 aromatic heterocycles. The third-order valence-corrected chi connectivity index (χ3v) is 4.51. The number of methoxy groups -OCH3 is 1. The summed E-state index contributed by atoms with van der Waals surface area (Å²) in [5.74, 6) is 0.583. The fourth-order valence-electron chi connectivity index (χ4n) is 2.31. The number of thiophene rings is 1. The molecule has 0 unspecified atom stereocenters. The van der Waals surface area contributed by atoms with Crippen LogP contribution in [0.15, 0.2) is 48.5 Å². The third-order valence-electron chi connectivity index (χ3n) is 3.42. The molecule has 22 heavy (non-hydrogen) atoms. The lowest BCUT2D eigenvalue weighted by atomic mass is 10.0. The molecule has 0 saturated heterocycles. The van der Waals surface area contributed by atoms with E-state index in [-0.39, 0.29) is 5.97 Å². The van der Waals surface area contributed by atoms with E-state index in [1.54, 1.807) is 7.11 Å². The van der Waals surface area contributed by atoms with Gasteiger partial charge in [-0.1, -0.05) is 18.2 Å². The van der Waals surface area contributed by atoms with E-state index in [0.717, 1.165) is 27.0 Å². The highest BCUT2D eigenvalue weighted by molar-refractivity contribution is 7.20. The van der Waals surface area contributed by atoms with Crippen molar-refractivity contribution in [3.63, 3.8) is 0 Å². The summed E-state index contributed by atoms with van der Waals surface area (Å²) in [6.45, 7) is 2.21. The van der Waals surface area contributed by atoms with Gasteiger partial charge in [-0.15, -0.1) is 11.3 Å². The zero-order chi connectivity index (χ0) is 15.5. The minimum Gasteiger partial charge on any atom is -0.497 e. The number of benzene rings is 2. The first-order valence-electron chi connectivity index (χ1n) is 7.06. The second kappa shape index (κ2) is 6.20. The molecule has 3 aromatic rings. The second-order valence-electron chi connectivity index (χ2n) is 4.81. The minimum absolute atomic E-state index is 0.255. The van der Waals surface area contributed by atoms with E-state index >= 15 is 0 Å². The largest absolute Gasteiger partial charge is 0.497 e. The molecule has 4 heteroatoms. The van der Waals surface area contributed by atoms with Gasteiger partial charge in [0.25, 0.3) is 0 Å². The van der Waals surface area contributed by atoms with Crippen LogP contribution in [0.25, 0.3) is 21.2 Å². The Morgan fingerprint density at radius 3 is 2.45 bits per heavy atom. The van der Waals surface area contributed by atoms with Crippen molar-refractivity contribution in [1.29, 1.82) is 0 Å². The van der Waals surface area contributed by atoms with Gasteiger partial charge in [-0.25, -0.2) is 4.79 Å². The van der Waals surface area contributed by atoms with Crippen molar-refractivity contribution in [3.05, 3.63) is 53.4 Å². The number of fused-ring (bicyclic) bond motifs is 1. The summed E-state index contributed by atoms with van der Waals surface area (Å²) in [6.07, 6.45) is 0. The van der Waals surface area contributed by atoms with Crippen molar-refractivity contribution >= 4 is 27.4 Å². The number of hydrogen-bond acceptors (Lipinski definition) is 4. The maximum atomic E-state index is 11.8. The van der Waals surface area contributed by atoms with E-state index in [1.165, 1.54) is 11.3 Å². The summed E-state index contributed by atoms with van der Waals surface area (Å²) in [4.78, 5) is 12.5. The molecule has 112 valence electrons. The molecule has 0 radical (unpaired) electrons. The van der Waals surface area contributed by atoms with Crippen molar-refractivity contribution in [3.8, 4) is 16.9 Å². The van der Waals surface area contributed by atoms with E-state index in [2.05, 4.69) is 12.1 Å². The highest BCUT2D eigenvalue weighted by Crippen LogP contribution is 2.31. The Bertz CT molecular complexity index is 803. The molecule has 3 rings (SSSR count). The normalized spacial score (nSPS) is 10.6. The topological polar surface area (TPSA) is 35.5 Å². The Balaban J connectivity index is 1.96. The Hall–Kier alpha value is -2.33. The number of hydrogen-bond donors (Lipinski definition) is 0. The zero-order valence-corrected chi connectivity index (χ0v) is 13.3. The third kappa shape index (κ3) is 2.83. The summed E-state index contributed by atoms with van der Waals surface area (Å²) >= 11 is 1.46. The molecular formula is C18H16O3S. The Morgan fingerprint density at radius 2 is 1.77 bits per heavy atom. The van der Waals surface area contributed by atoms with Crippen molar-refractivity contribution < 1.29 is 14.3 Å². The lowest BCUT2D eigenvalue weighted by Gasteiger charge is -2.04. The second-order valence-corrected chi connectivity index (χ2v) is 5.90. The molecule has 2 aromatic carbocycles. The van der Waals surface area contributed by atoms with Gasteiger partial charge < -0.3 is 9.47 Å². The first-order chi connectivity index (χ1) is 10.7. The molecule has 0 bridgehead atoms. The van der Waals surface area contributed by atoms with Crippen LogP contribution >= 0.6 is 11.3 Å². The van der Waals surface area contributed by atoms with Gasteiger partial charge in [0.05, 0.1) is 13.7 Å². The highest BCUT2D eigenvalue weighted by atomic mass is 32.1. The monoisotopic (exact) mass is 312 g/mol. The number of carbonyl (C=O) groups is 1. The lowest BCUT2D eigenvalue weighted by Crippen LogP contribution is -2.01. The fourth-order valence-corrected chi connectivity index (χ4v) is 3.25. The average molecular weight is 312 g/mol. The number of rotatable bonds is 4. The minimum atomic E-state index is -0.255. The quantitative estimate of drug-likeness (QED) is 0.652. The van der Waals surface area contributed by atoms with Gasteiger partial charge in [0, 0.05) is 4.70 Å². The van der Waals surface area contributed by atoms with E-state index in [4.69, 9.17) is 9.47 Å². The standard InChI is InChI=1S/C18H16O3S/c1-3-21-18(19)17-11-14-10-13(6-9-16(14)22-17)12-4-7-15(20-2)8-5-12/h4-11H,3H2,1-2H3. The first kappa shape index (κ1) is 14.6. The summed E-state index contributed by atoms with van der Waals surface area (Å²) in [5, 5.41) is 1.06. The smallest absolute Gasteiger partial charge is 0.348 e. The molecule has 0 atom stereocenters. The van der Waals surface area contributed by atoms with E-state index < -0.39 is 0 Å². The Morgan fingerprint density at radius 1 is 1.05 bits per heavy atom. The number of esters is 1. The summed E-state index contributed by atoms with van der Waals surface area (Å²) in [5.41, 5.74) is 2.23. The van der Waals surface area contributed by atoms with Crippen molar-refractivity contribution in [2.45, 2.75) is 6.92 Å². The molecule has 0 spiro atoms. The molecule has 0 fully saturated rings. The Kier molecular flexibility index (Phi) is 4.11. The van der Waals surface area contributed by atoms with Crippen LogP contribution in [0.5, 0.6) is 5.75 Å². The SMILES string of the molecule is CCOC(=O)c1cc2cc(-c3ccc(OC)cc3)ccc2s1. The number of carbonyl (C=O) groups excluding carboxylic acids is 1. The first-order valence-corrected chi connectivity index (χ1v) is 7.88. The molecule has 0 amide bonds. The van der Waals surface area contributed by atoms with Gasteiger partial charge in [0.1, 0.15) is 10.6 Å². The Labute approximate surface area is 133 Å². The van der Waals surface area contributed by atoms with Crippen LogP contribution in [0.3, 0.4) is 0 Å². The summed E-state index contributed by atoms with van der Waals surface area (Å²) in [7, 11) is 1.66. The van der Waals surface area contributed by atoms with Gasteiger partial charge in [0.15, 0.2) is 0 Å². The van der Waals surface area contributed by atoms with Gasteiger partial charge >= 0.3 is 5.97 Å². The molecule has 3 nitrogen and oxygen atoms in total. The van der Waals surface area contributed by atoms with Crippen LogP contribution in [0.4, 0.5) is 0 Å². The van der Waals surface area contributed by atoms with Crippen molar-refractivity contribution in [2.75, 3.05) is 13.7 Å². The van der Waals surface area contributed by atoms with Crippen LogP contribution in [0.2, 0.25) is 0 Å². The molecular weight excluding hydrogens is 296 g/mol.